The number of aliphatic hydroxyl groups is 1. The first-order chi connectivity index (χ1) is 7.26. The molecular formula is C10H16N2O2S. The number of amides is 1. The first-order valence-corrected chi connectivity index (χ1v) is 5.95. The smallest absolute Gasteiger partial charge is 0.226 e. The van der Waals surface area contributed by atoms with Crippen molar-refractivity contribution in [3.05, 3.63) is 16.1 Å². The van der Waals surface area contributed by atoms with Crippen molar-refractivity contribution in [1.29, 1.82) is 0 Å². The number of thiazole rings is 1. The van der Waals surface area contributed by atoms with Crippen molar-refractivity contribution in [2.24, 2.45) is 0 Å². The van der Waals surface area contributed by atoms with Gasteiger partial charge in [-0.2, -0.15) is 0 Å². The van der Waals surface area contributed by atoms with Crippen LogP contribution in [0.5, 0.6) is 0 Å². The molecule has 0 aliphatic heterocycles. The molecule has 1 amide bonds. The number of aliphatic hydroxyl groups excluding tert-OH is 1. The van der Waals surface area contributed by atoms with Crippen LogP contribution in [0, 0.1) is 0 Å². The van der Waals surface area contributed by atoms with Gasteiger partial charge in [0.05, 0.1) is 17.1 Å². The quantitative estimate of drug-likeness (QED) is 0.706. The van der Waals surface area contributed by atoms with Crippen LogP contribution in [0.25, 0.3) is 0 Å². The van der Waals surface area contributed by atoms with E-state index in [1.54, 1.807) is 11.3 Å². The molecule has 0 fully saturated rings. The van der Waals surface area contributed by atoms with Crippen molar-refractivity contribution >= 4 is 17.2 Å². The van der Waals surface area contributed by atoms with Crippen LogP contribution in [-0.4, -0.2) is 29.1 Å². The highest BCUT2D eigenvalue weighted by atomic mass is 32.1. The molecule has 0 saturated carbocycles. The number of carbonyl (C=O) groups excluding carboxylic acids is 1. The van der Waals surface area contributed by atoms with E-state index in [0.717, 1.165) is 17.1 Å². The van der Waals surface area contributed by atoms with Gasteiger partial charge in [0, 0.05) is 18.5 Å². The number of carbonyl (C=O) groups is 1. The average Bonchev–Trinajstić information content (AvgIpc) is 2.66. The van der Waals surface area contributed by atoms with Gasteiger partial charge in [-0.3, -0.25) is 4.79 Å². The van der Waals surface area contributed by atoms with Gasteiger partial charge in [0.1, 0.15) is 0 Å². The zero-order valence-electron chi connectivity index (χ0n) is 8.82. The number of aryl methyl sites for hydroxylation is 1. The van der Waals surface area contributed by atoms with Crippen LogP contribution in [0.2, 0.25) is 0 Å². The third-order valence-corrected chi connectivity index (χ3v) is 2.94. The minimum atomic E-state index is -0.0311. The zero-order valence-corrected chi connectivity index (χ0v) is 9.64. The maximum Gasteiger partial charge on any atom is 0.226 e. The van der Waals surface area contributed by atoms with E-state index < -0.39 is 0 Å². The lowest BCUT2D eigenvalue weighted by molar-refractivity contribution is -0.120. The van der Waals surface area contributed by atoms with E-state index in [0.29, 0.717) is 19.4 Å². The Hall–Kier alpha value is -0.940. The molecule has 5 heteroatoms. The van der Waals surface area contributed by atoms with E-state index in [4.69, 9.17) is 5.11 Å². The Balaban J connectivity index is 2.31. The summed E-state index contributed by atoms with van der Waals surface area (Å²) in [5.74, 6) is -0.0311. The molecule has 0 aliphatic carbocycles. The number of aromatic nitrogens is 1. The fraction of sp³-hybridized carbons (Fsp3) is 0.600. The molecule has 15 heavy (non-hydrogen) atoms. The Morgan fingerprint density at radius 3 is 3.07 bits per heavy atom. The van der Waals surface area contributed by atoms with Gasteiger partial charge in [-0.15, -0.1) is 11.3 Å². The second kappa shape index (κ2) is 6.53. The average molecular weight is 228 g/mol. The highest BCUT2D eigenvalue weighted by Gasteiger charge is 2.06. The Morgan fingerprint density at radius 2 is 2.47 bits per heavy atom. The number of nitrogens with one attached hydrogen (secondary N) is 1. The van der Waals surface area contributed by atoms with Gasteiger partial charge in [0.25, 0.3) is 0 Å². The van der Waals surface area contributed by atoms with E-state index in [1.165, 1.54) is 0 Å². The molecule has 1 heterocycles. The van der Waals surface area contributed by atoms with Crippen molar-refractivity contribution in [2.75, 3.05) is 13.2 Å². The highest BCUT2D eigenvalue weighted by molar-refractivity contribution is 7.09. The van der Waals surface area contributed by atoms with E-state index in [9.17, 15) is 4.79 Å². The Bertz CT molecular complexity index is 312. The standard InChI is InChI=1S/C10H16N2O2S/c1-2-10-12-8(7-15-10)6-9(14)11-4-3-5-13/h7,13H,2-6H2,1H3,(H,11,14). The van der Waals surface area contributed by atoms with Gasteiger partial charge in [-0.05, 0) is 12.8 Å². The van der Waals surface area contributed by atoms with E-state index >= 15 is 0 Å². The van der Waals surface area contributed by atoms with Crippen molar-refractivity contribution in [3.63, 3.8) is 0 Å². The first-order valence-electron chi connectivity index (χ1n) is 5.07. The number of nitrogens with zero attached hydrogens (tertiary/aromatic N) is 1. The van der Waals surface area contributed by atoms with Gasteiger partial charge in [-0.1, -0.05) is 6.92 Å². The van der Waals surface area contributed by atoms with E-state index in [2.05, 4.69) is 10.3 Å². The molecule has 0 atom stereocenters. The second-order valence-corrected chi connectivity index (χ2v) is 4.13. The molecule has 0 spiro atoms. The van der Waals surface area contributed by atoms with Gasteiger partial charge in [0.2, 0.25) is 5.91 Å². The molecule has 0 aliphatic rings. The van der Waals surface area contributed by atoms with Crippen molar-refractivity contribution in [3.8, 4) is 0 Å². The molecule has 2 N–H and O–H groups in total. The summed E-state index contributed by atoms with van der Waals surface area (Å²) < 4.78 is 0. The van der Waals surface area contributed by atoms with Crippen LogP contribution in [0.1, 0.15) is 24.0 Å². The summed E-state index contributed by atoms with van der Waals surface area (Å²) in [5.41, 5.74) is 0.832. The number of hydrogen-bond donors (Lipinski definition) is 2. The van der Waals surface area contributed by atoms with Crippen LogP contribution >= 0.6 is 11.3 Å². The first kappa shape index (κ1) is 12.1. The molecule has 0 unspecified atom stereocenters. The molecule has 84 valence electrons. The van der Waals surface area contributed by atoms with Crippen molar-refractivity contribution in [2.45, 2.75) is 26.2 Å². The molecule has 0 aromatic carbocycles. The summed E-state index contributed by atoms with van der Waals surface area (Å²) >= 11 is 1.59. The third kappa shape index (κ3) is 4.40. The van der Waals surface area contributed by atoms with Gasteiger partial charge < -0.3 is 10.4 Å². The number of hydrogen-bond acceptors (Lipinski definition) is 4. The summed E-state index contributed by atoms with van der Waals surface area (Å²) in [6, 6.07) is 0. The topological polar surface area (TPSA) is 62.2 Å². The monoisotopic (exact) mass is 228 g/mol. The predicted octanol–water partition coefficient (Wildman–Crippen LogP) is 0.747. The molecule has 1 rings (SSSR count). The highest BCUT2D eigenvalue weighted by Crippen LogP contribution is 2.10. The zero-order chi connectivity index (χ0) is 11.1. The lowest BCUT2D eigenvalue weighted by atomic mass is 10.3. The lowest BCUT2D eigenvalue weighted by Crippen LogP contribution is -2.26. The summed E-state index contributed by atoms with van der Waals surface area (Å²) in [5, 5.41) is 14.3. The van der Waals surface area contributed by atoms with Crippen LogP contribution in [0.4, 0.5) is 0 Å². The van der Waals surface area contributed by atoms with Gasteiger partial charge in [-0.25, -0.2) is 4.98 Å². The Kier molecular flexibility index (Phi) is 5.28. The normalized spacial score (nSPS) is 10.3. The molecule has 0 radical (unpaired) electrons. The third-order valence-electron chi connectivity index (χ3n) is 1.90. The minimum Gasteiger partial charge on any atom is -0.396 e. The van der Waals surface area contributed by atoms with Crippen molar-refractivity contribution in [1.82, 2.24) is 10.3 Å². The second-order valence-electron chi connectivity index (χ2n) is 3.19. The minimum absolute atomic E-state index is 0.0311. The Labute approximate surface area is 93.4 Å². The van der Waals surface area contributed by atoms with Crippen molar-refractivity contribution < 1.29 is 9.90 Å². The van der Waals surface area contributed by atoms with Crippen LogP contribution in [0.3, 0.4) is 0 Å². The number of rotatable bonds is 6. The molecule has 1 aromatic rings. The molecule has 0 saturated heterocycles. The largest absolute Gasteiger partial charge is 0.396 e. The predicted molar refractivity (Wildman–Crippen MR) is 59.9 cm³/mol. The van der Waals surface area contributed by atoms with Crippen LogP contribution < -0.4 is 5.32 Å². The summed E-state index contributed by atoms with van der Waals surface area (Å²) in [6.07, 6.45) is 1.85. The van der Waals surface area contributed by atoms with Gasteiger partial charge in [0.15, 0.2) is 0 Å². The fourth-order valence-electron chi connectivity index (χ4n) is 1.13. The summed E-state index contributed by atoms with van der Waals surface area (Å²) in [4.78, 5) is 15.7. The summed E-state index contributed by atoms with van der Waals surface area (Å²) in [6.45, 7) is 2.68. The summed E-state index contributed by atoms with van der Waals surface area (Å²) in [7, 11) is 0. The maximum absolute atomic E-state index is 11.4. The molecule has 4 nitrogen and oxygen atoms in total. The maximum atomic E-state index is 11.4. The van der Waals surface area contributed by atoms with Gasteiger partial charge >= 0.3 is 0 Å². The Morgan fingerprint density at radius 1 is 1.67 bits per heavy atom. The van der Waals surface area contributed by atoms with Crippen LogP contribution in [0.15, 0.2) is 5.38 Å². The fourth-order valence-corrected chi connectivity index (χ4v) is 1.87. The molecule has 0 bridgehead atoms. The van der Waals surface area contributed by atoms with Crippen LogP contribution in [-0.2, 0) is 17.6 Å². The SMILES string of the molecule is CCc1nc(CC(=O)NCCCO)cs1. The van der Waals surface area contributed by atoms with E-state index in [-0.39, 0.29) is 12.5 Å². The molecule has 1 aromatic heterocycles. The lowest BCUT2D eigenvalue weighted by Gasteiger charge is -2.01. The van der Waals surface area contributed by atoms with E-state index in [1.807, 2.05) is 12.3 Å². The molecular weight excluding hydrogens is 212 g/mol.